The molecule has 4 heteroatoms. The van der Waals surface area contributed by atoms with Crippen LogP contribution in [0.25, 0.3) is 0 Å². The van der Waals surface area contributed by atoms with E-state index in [9.17, 15) is 15.0 Å². The monoisotopic (exact) mass is 364 g/mol. The lowest BCUT2D eigenvalue weighted by Gasteiger charge is -2.41. The van der Waals surface area contributed by atoms with E-state index < -0.39 is 11.7 Å². The van der Waals surface area contributed by atoms with Gasteiger partial charge in [-0.05, 0) is 57.3 Å². The third-order valence-electron chi connectivity index (χ3n) is 6.23. The predicted octanol–water partition coefficient (Wildman–Crippen LogP) is 4.01. The van der Waals surface area contributed by atoms with Crippen molar-refractivity contribution in [2.24, 2.45) is 23.2 Å². The summed E-state index contributed by atoms with van der Waals surface area (Å²) in [5.74, 6) is 0.0565. The summed E-state index contributed by atoms with van der Waals surface area (Å²) >= 11 is 0. The van der Waals surface area contributed by atoms with E-state index in [0.717, 1.165) is 18.4 Å². The van der Waals surface area contributed by atoms with Crippen LogP contribution in [0.2, 0.25) is 0 Å². The van der Waals surface area contributed by atoms with Crippen molar-refractivity contribution in [2.75, 3.05) is 0 Å². The standard InChI is InChI=1S/C22H36O4/c1-14-7-9-22(6)10-8-18(21(4,5)25)20(22)19(26-16(3)23)13-15(2)12-17(24)11-14/h7,9,12,14,17-20,24-25H,8,10-11,13H2,1-6H3/b9-7+,15-12+/t14-,17?,18+,19-,20?,22-/m0/s1. The van der Waals surface area contributed by atoms with Crippen LogP contribution in [0.1, 0.15) is 67.2 Å². The van der Waals surface area contributed by atoms with Crippen molar-refractivity contribution in [3.05, 3.63) is 23.8 Å². The van der Waals surface area contributed by atoms with Crippen molar-refractivity contribution in [1.82, 2.24) is 0 Å². The minimum atomic E-state index is -0.836. The van der Waals surface area contributed by atoms with Crippen LogP contribution in [0.4, 0.5) is 0 Å². The topological polar surface area (TPSA) is 66.8 Å². The van der Waals surface area contributed by atoms with Gasteiger partial charge in [0, 0.05) is 19.3 Å². The minimum Gasteiger partial charge on any atom is -0.462 e. The van der Waals surface area contributed by atoms with Crippen LogP contribution in [0.15, 0.2) is 23.8 Å². The van der Waals surface area contributed by atoms with Crippen LogP contribution in [0, 0.1) is 23.2 Å². The number of hydrogen-bond acceptors (Lipinski definition) is 4. The second-order valence-corrected chi connectivity index (χ2v) is 9.33. The maximum absolute atomic E-state index is 11.8. The number of allylic oxidation sites excluding steroid dienone is 2. The zero-order chi connectivity index (χ0) is 19.7. The first-order valence-electron chi connectivity index (χ1n) is 9.86. The fourth-order valence-corrected chi connectivity index (χ4v) is 5.02. The molecule has 0 amide bonds. The molecule has 0 bridgehead atoms. The Hall–Kier alpha value is -1.13. The molecule has 2 rings (SSSR count). The molecule has 26 heavy (non-hydrogen) atoms. The Labute approximate surface area is 158 Å². The Kier molecular flexibility index (Phi) is 6.40. The molecule has 2 unspecified atom stereocenters. The molecule has 1 saturated carbocycles. The smallest absolute Gasteiger partial charge is 0.302 e. The summed E-state index contributed by atoms with van der Waals surface area (Å²) < 4.78 is 5.79. The lowest BCUT2D eigenvalue weighted by atomic mass is 9.68. The number of rotatable bonds is 2. The highest BCUT2D eigenvalue weighted by Gasteiger charge is 2.53. The molecule has 2 aliphatic carbocycles. The van der Waals surface area contributed by atoms with Crippen molar-refractivity contribution in [2.45, 2.75) is 85.0 Å². The fourth-order valence-electron chi connectivity index (χ4n) is 5.02. The van der Waals surface area contributed by atoms with Gasteiger partial charge in [-0.1, -0.05) is 37.6 Å². The van der Waals surface area contributed by atoms with E-state index in [0.29, 0.717) is 12.8 Å². The number of hydrogen-bond donors (Lipinski definition) is 2. The molecule has 0 aromatic rings. The van der Waals surface area contributed by atoms with Crippen molar-refractivity contribution in [3.8, 4) is 0 Å². The molecule has 2 N–H and O–H groups in total. The largest absolute Gasteiger partial charge is 0.462 e. The van der Waals surface area contributed by atoms with E-state index in [4.69, 9.17) is 4.74 Å². The minimum absolute atomic E-state index is 0.0356. The van der Waals surface area contributed by atoms with Gasteiger partial charge in [0.15, 0.2) is 0 Å². The highest BCUT2D eigenvalue weighted by Crippen LogP contribution is 2.54. The third-order valence-corrected chi connectivity index (χ3v) is 6.23. The van der Waals surface area contributed by atoms with E-state index in [2.05, 4.69) is 26.0 Å². The van der Waals surface area contributed by atoms with Gasteiger partial charge in [-0.3, -0.25) is 4.79 Å². The maximum Gasteiger partial charge on any atom is 0.302 e. The van der Waals surface area contributed by atoms with Gasteiger partial charge < -0.3 is 14.9 Å². The molecule has 4 nitrogen and oxygen atoms in total. The molecule has 0 radical (unpaired) electrons. The van der Waals surface area contributed by atoms with Gasteiger partial charge in [-0.25, -0.2) is 0 Å². The van der Waals surface area contributed by atoms with Crippen molar-refractivity contribution in [1.29, 1.82) is 0 Å². The summed E-state index contributed by atoms with van der Waals surface area (Å²) in [7, 11) is 0. The zero-order valence-corrected chi connectivity index (χ0v) is 17.2. The van der Waals surface area contributed by atoms with Crippen LogP contribution < -0.4 is 0 Å². The molecule has 0 saturated heterocycles. The summed E-state index contributed by atoms with van der Waals surface area (Å²) in [6.07, 6.45) is 8.65. The number of aliphatic hydroxyl groups excluding tert-OH is 1. The molecule has 6 atom stereocenters. The normalized spacial score (nSPS) is 42.2. The molecule has 0 aromatic carbocycles. The quantitative estimate of drug-likeness (QED) is 0.574. The van der Waals surface area contributed by atoms with E-state index in [1.54, 1.807) is 0 Å². The summed E-state index contributed by atoms with van der Waals surface area (Å²) in [6.45, 7) is 11.5. The Morgan fingerprint density at radius 1 is 1.38 bits per heavy atom. The Morgan fingerprint density at radius 2 is 2.04 bits per heavy atom. The van der Waals surface area contributed by atoms with Crippen LogP contribution in [0.3, 0.4) is 0 Å². The van der Waals surface area contributed by atoms with Crippen LogP contribution in [-0.2, 0) is 9.53 Å². The number of carbonyl (C=O) groups excluding carboxylic acids is 1. The number of ether oxygens (including phenoxy) is 1. The van der Waals surface area contributed by atoms with Crippen molar-refractivity contribution in [3.63, 3.8) is 0 Å². The summed E-state index contributed by atoms with van der Waals surface area (Å²) in [4.78, 5) is 11.8. The first-order valence-corrected chi connectivity index (χ1v) is 9.86. The zero-order valence-electron chi connectivity index (χ0n) is 17.2. The number of fused-ring (bicyclic) bond motifs is 1. The van der Waals surface area contributed by atoms with E-state index >= 15 is 0 Å². The maximum atomic E-state index is 11.8. The number of esters is 1. The average molecular weight is 365 g/mol. The Bertz CT molecular complexity index is 571. The second-order valence-electron chi connectivity index (χ2n) is 9.33. The van der Waals surface area contributed by atoms with E-state index in [-0.39, 0.29) is 35.2 Å². The SMILES string of the molecule is CC(=O)O[C@H]1C/C(C)=C/C(O)C[C@@H](C)/C=C/[C@@]2(C)CC[C@@H](C(C)(C)O)C12. The van der Waals surface area contributed by atoms with Gasteiger partial charge >= 0.3 is 5.97 Å². The summed E-state index contributed by atoms with van der Waals surface area (Å²) in [5, 5.41) is 21.1. The van der Waals surface area contributed by atoms with E-state index in [1.165, 1.54) is 6.92 Å². The number of aliphatic hydroxyl groups is 2. The summed E-state index contributed by atoms with van der Waals surface area (Å²) in [5.41, 5.74) is 0.0493. The molecule has 148 valence electrons. The average Bonchev–Trinajstić information content (AvgIpc) is 2.81. The van der Waals surface area contributed by atoms with Gasteiger partial charge in [-0.15, -0.1) is 0 Å². The first kappa shape index (κ1) is 21.2. The third kappa shape index (κ3) is 4.98. The molecule has 1 fully saturated rings. The second kappa shape index (κ2) is 7.85. The van der Waals surface area contributed by atoms with E-state index in [1.807, 2.05) is 26.8 Å². The van der Waals surface area contributed by atoms with Gasteiger partial charge in [0.2, 0.25) is 0 Å². The van der Waals surface area contributed by atoms with Crippen LogP contribution in [0.5, 0.6) is 0 Å². The Balaban J connectivity index is 2.52. The highest BCUT2D eigenvalue weighted by molar-refractivity contribution is 5.66. The fraction of sp³-hybridized carbons (Fsp3) is 0.773. The summed E-state index contributed by atoms with van der Waals surface area (Å²) in [6, 6.07) is 0. The lowest BCUT2D eigenvalue weighted by molar-refractivity contribution is -0.154. The Morgan fingerprint density at radius 3 is 2.62 bits per heavy atom. The molecular weight excluding hydrogens is 328 g/mol. The van der Waals surface area contributed by atoms with Gasteiger partial charge in [0.25, 0.3) is 0 Å². The van der Waals surface area contributed by atoms with Crippen LogP contribution >= 0.6 is 0 Å². The molecule has 0 aromatic heterocycles. The molecule has 0 aliphatic heterocycles. The van der Waals surface area contributed by atoms with Gasteiger partial charge in [0.1, 0.15) is 6.10 Å². The highest BCUT2D eigenvalue weighted by atomic mass is 16.5. The molecular formula is C22H36O4. The predicted molar refractivity (Wildman–Crippen MR) is 103 cm³/mol. The lowest BCUT2D eigenvalue weighted by Crippen LogP contribution is -2.44. The van der Waals surface area contributed by atoms with Gasteiger partial charge in [0.05, 0.1) is 11.7 Å². The molecule has 0 heterocycles. The first-order chi connectivity index (χ1) is 11.9. The molecule has 0 spiro atoms. The van der Waals surface area contributed by atoms with Crippen LogP contribution in [-0.4, -0.2) is 34.0 Å². The van der Waals surface area contributed by atoms with Crippen molar-refractivity contribution < 1.29 is 19.7 Å². The molecule has 2 aliphatic rings. The van der Waals surface area contributed by atoms with Crippen molar-refractivity contribution >= 4 is 5.97 Å². The van der Waals surface area contributed by atoms with Gasteiger partial charge in [-0.2, -0.15) is 0 Å². The number of carbonyl (C=O) groups is 1.